The third kappa shape index (κ3) is 1.74. The van der Waals surface area contributed by atoms with Crippen molar-refractivity contribution < 1.29 is 0 Å². The summed E-state index contributed by atoms with van der Waals surface area (Å²) in [4.78, 5) is 12.2. The maximum atomic E-state index is 4.53. The second-order valence-electron chi connectivity index (χ2n) is 4.48. The fourth-order valence-electron chi connectivity index (χ4n) is 1.58. The van der Waals surface area contributed by atoms with Crippen LogP contribution < -0.4 is 0 Å². The van der Waals surface area contributed by atoms with E-state index in [1.54, 1.807) is 0 Å². The molecule has 3 heteroatoms. The number of aromatic amines is 1. The molecular weight excluding hydrogens is 186 g/mol. The Morgan fingerprint density at radius 3 is 2.60 bits per heavy atom. The molecule has 0 fully saturated rings. The molecule has 0 spiro atoms. The van der Waals surface area contributed by atoms with E-state index in [2.05, 4.69) is 42.6 Å². The third-order valence-electron chi connectivity index (χ3n) is 3.05. The van der Waals surface area contributed by atoms with Gasteiger partial charge in [-0.05, 0) is 24.5 Å². The summed E-state index contributed by atoms with van der Waals surface area (Å²) in [5.41, 5.74) is 3.10. The van der Waals surface area contributed by atoms with Crippen LogP contribution in [0.25, 0.3) is 11.2 Å². The summed E-state index contributed by atoms with van der Waals surface area (Å²) in [5.74, 6) is 2.08. The Hall–Kier alpha value is -1.38. The van der Waals surface area contributed by atoms with Crippen LogP contribution in [0.3, 0.4) is 0 Å². The summed E-state index contributed by atoms with van der Waals surface area (Å²) >= 11 is 0. The Balaban J connectivity index is 2.52. The summed E-state index contributed by atoms with van der Waals surface area (Å²) in [6.07, 6.45) is 1.81. The van der Waals surface area contributed by atoms with Gasteiger partial charge < -0.3 is 4.98 Å². The first kappa shape index (κ1) is 10.1. The van der Waals surface area contributed by atoms with Gasteiger partial charge in [0.15, 0.2) is 5.65 Å². The molecule has 0 aliphatic rings. The highest BCUT2D eigenvalue weighted by molar-refractivity contribution is 5.74. The Morgan fingerprint density at radius 1 is 1.27 bits per heavy atom. The summed E-state index contributed by atoms with van der Waals surface area (Å²) < 4.78 is 0. The van der Waals surface area contributed by atoms with Gasteiger partial charge in [0.2, 0.25) is 0 Å². The quantitative estimate of drug-likeness (QED) is 0.815. The predicted molar refractivity (Wildman–Crippen MR) is 61.9 cm³/mol. The molecule has 1 unspecified atom stereocenters. The summed E-state index contributed by atoms with van der Waals surface area (Å²) in [6, 6.07) is 2.00. The van der Waals surface area contributed by atoms with Crippen molar-refractivity contribution in [3.05, 3.63) is 23.7 Å². The van der Waals surface area contributed by atoms with E-state index in [0.717, 1.165) is 17.0 Å². The van der Waals surface area contributed by atoms with Crippen molar-refractivity contribution in [1.29, 1.82) is 0 Å². The topological polar surface area (TPSA) is 41.6 Å². The normalized spacial score (nSPS) is 13.7. The lowest BCUT2D eigenvalue weighted by Gasteiger charge is -2.11. The van der Waals surface area contributed by atoms with Crippen molar-refractivity contribution >= 4 is 11.2 Å². The second kappa shape index (κ2) is 3.65. The zero-order valence-electron chi connectivity index (χ0n) is 9.70. The molecule has 0 aliphatic carbocycles. The zero-order chi connectivity index (χ0) is 11.0. The average Bonchev–Trinajstić information content (AvgIpc) is 2.61. The smallest absolute Gasteiger partial charge is 0.177 e. The molecule has 1 N–H and O–H groups in total. The fourth-order valence-corrected chi connectivity index (χ4v) is 1.58. The number of hydrogen-bond acceptors (Lipinski definition) is 2. The molecule has 0 aliphatic heterocycles. The van der Waals surface area contributed by atoms with Gasteiger partial charge in [-0.3, -0.25) is 0 Å². The standard InChI is InChI=1S/C12H17N3/c1-7(2)9(4)11-14-10-8(3)5-6-13-12(10)15-11/h5-7,9H,1-4H3,(H,13,14,15). The molecule has 0 saturated carbocycles. The van der Waals surface area contributed by atoms with Crippen LogP contribution in [-0.4, -0.2) is 15.0 Å². The van der Waals surface area contributed by atoms with Gasteiger partial charge in [0.25, 0.3) is 0 Å². The predicted octanol–water partition coefficient (Wildman–Crippen LogP) is 3.03. The Bertz CT molecular complexity index is 471. The van der Waals surface area contributed by atoms with Crippen LogP contribution in [-0.2, 0) is 0 Å². The lowest BCUT2D eigenvalue weighted by atomic mass is 9.98. The number of pyridine rings is 1. The van der Waals surface area contributed by atoms with Crippen LogP contribution >= 0.6 is 0 Å². The minimum atomic E-state index is 0.443. The minimum Gasteiger partial charge on any atom is -0.340 e. The molecule has 0 radical (unpaired) electrons. The van der Waals surface area contributed by atoms with E-state index in [4.69, 9.17) is 0 Å². The van der Waals surface area contributed by atoms with Crippen molar-refractivity contribution in [1.82, 2.24) is 15.0 Å². The molecule has 1 atom stereocenters. The van der Waals surface area contributed by atoms with Gasteiger partial charge in [0.05, 0.1) is 5.52 Å². The molecule has 80 valence electrons. The van der Waals surface area contributed by atoms with Gasteiger partial charge in [-0.25, -0.2) is 9.97 Å². The summed E-state index contributed by atoms with van der Waals surface area (Å²) in [6.45, 7) is 8.68. The van der Waals surface area contributed by atoms with Crippen LogP contribution in [0.5, 0.6) is 0 Å². The van der Waals surface area contributed by atoms with Gasteiger partial charge in [0, 0.05) is 12.1 Å². The number of imidazole rings is 1. The monoisotopic (exact) mass is 203 g/mol. The number of nitrogens with zero attached hydrogens (tertiary/aromatic N) is 2. The largest absolute Gasteiger partial charge is 0.340 e. The van der Waals surface area contributed by atoms with E-state index < -0.39 is 0 Å². The number of aromatic nitrogens is 3. The number of H-pyrrole nitrogens is 1. The molecule has 15 heavy (non-hydrogen) atoms. The van der Waals surface area contributed by atoms with E-state index in [0.29, 0.717) is 11.8 Å². The van der Waals surface area contributed by atoms with Crippen molar-refractivity contribution in [3.8, 4) is 0 Å². The summed E-state index contributed by atoms with van der Waals surface area (Å²) in [5, 5.41) is 0. The van der Waals surface area contributed by atoms with E-state index in [1.807, 2.05) is 12.3 Å². The first-order chi connectivity index (χ1) is 7.09. The number of rotatable bonds is 2. The number of fused-ring (bicyclic) bond motifs is 1. The van der Waals surface area contributed by atoms with Gasteiger partial charge in [-0.1, -0.05) is 20.8 Å². The number of hydrogen-bond donors (Lipinski definition) is 1. The molecule has 2 heterocycles. The highest BCUT2D eigenvalue weighted by Crippen LogP contribution is 2.23. The van der Waals surface area contributed by atoms with E-state index in [1.165, 1.54) is 5.56 Å². The van der Waals surface area contributed by atoms with Gasteiger partial charge in [-0.15, -0.1) is 0 Å². The van der Waals surface area contributed by atoms with Crippen molar-refractivity contribution in [2.75, 3.05) is 0 Å². The van der Waals surface area contributed by atoms with Gasteiger partial charge >= 0.3 is 0 Å². The first-order valence-electron chi connectivity index (χ1n) is 5.41. The van der Waals surface area contributed by atoms with E-state index in [-0.39, 0.29) is 0 Å². The molecule has 0 aromatic carbocycles. The zero-order valence-corrected chi connectivity index (χ0v) is 9.70. The average molecular weight is 203 g/mol. The Morgan fingerprint density at radius 2 is 2.00 bits per heavy atom. The fraction of sp³-hybridized carbons (Fsp3) is 0.500. The second-order valence-corrected chi connectivity index (χ2v) is 4.48. The maximum absolute atomic E-state index is 4.53. The van der Waals surface area contributed by atoms with Gasteiger partial charge in [-0.2, -0.15) is 0 Å². The number of aryl methyl sites for hydroxylation is 1. The van der Waals surface area contributed by atoms with Crippen molar-refractivity contribution in [3.63, 3.8) is 0 Å². The Labute approximate surface area is 90.0 Å². The highest BCUT2D eigenvalue weighted by atomic mass is 15.0. The molecular formula is C12H17N3. The lowest BCUT2D eigenvalue weighted by Crippen LogP contribution is -2.03. The number of nitrogens with one attached hydrogen (secondary N) is 1. The van der Waals surface area contributed by atoms with Crippen LogP contribution in [0.2, 0.25) is 0 Å². The summed E-state index contributed by atoms with van der Waals surface area (Å²) in [7, 11) is 0. The molecule has 3 nitrogen and oxygen atoms in total. The van der Waals surface area contributed by atoms with Crippen LogP contribution in [0, 0.1) is 12.8 Å². The van der Waals surface area contributed by atoms with Crippen LogP contribution in [0.4, 0.5) is 0 Å². The molecule has 2 rings (SSSR count). The van der Waals surface area contributed by atoms with Crippen LogP contribution in [0.15, 0.2) is 12.3 Å². The molecule has 0 saturated heterocycles. The minimum absolute atomic E-state index is 0.443. The highest BCUT2D eigenvalue weighted by Gasteiger charge is 2.15. The van der Waals surface area contributed by atoms with Crippen molar-refractivity contribution in [2.45, 2.75) is 33.6 Å². The molecule has 0 bridgehead atoms. The van der Waals surface area contributed by atoms with Crippen LogP contribution in [0.1, 0.15) is 38.1 Å². The lowest BCUT2D eigenvalue weighted by molar-refractivity contribution is 0.515. The van der Waals surface area contributed by atoms with Crippen molar-refractivity contribution in [2.24, 2.45) is 5.92 Å². The molecule has 2 aromatic heterocycles. The first-order valence-corrected chi connectivity index (χ1v) is 5.41. The van der Waals surface area contributed by atoms with E-state index in [9.17, 15) is 0 Å². The Kier molecular flexibility index (Phi) is 2.47. The maximum Gasteiger partial charge on any atom is 0.177 e. The third-order valence-corrected chi connectivity index (χ3v) is 3.05. The SMILES string of the molecule is Cc1ccnc2nc(C(C)C(C)C)[nH]c12. The molecule has 2 aromatic rings. The van der Waals surface area contributed by atoms with E-state index >= 15 is 0 Å². The van der Waals surface area contributed by atoms with Gasteiger partial charge in [0.1, 0.15) is 5.82 Å². The molecule has 0 amide bonds.